The Hall–Kier alpha value is -3.02. The van der Waals surface area contributed by atoms with Crippen molar-refractivity contribution in [2.24, 2.45) is 0 Å². The molecule has 2 heterocycles. The van der Waals surface area contributed by atoms with Gasteiger partial charge in [-0.15, -0.1) is 0 Å². The van der Waals surface area contributed by atoms with E-state index in [1.165, 1.54) is 0 Å². The highest BCUT2D eigenvalue weighted by Crippen LogP contribution is 2.24. The number of hydrogen-bond donors (Lipinski definition) is 1. The lowest BCUT2D eigenvalue weighted by Gasteiger charge is -2.11. The highest BCUT2D eigenvalue weighted by molar-refractivity contribution is 5.94. The highest BCUT2D eigenvalue weighted by Gasteiger charge is 2.21. The zero-order valence-corrected chi connectivity index (χ0v) is 15.2. The van der Waals surface area contributed by atoms with Gasteiger partial charge >= 0.3 is 5.97 Å². The van der Waals surface area contributed by atoms with Crippen molar-refractivity contribution >= 4 is 22.8 Å². The number of ether oxygens (including phenoxy) is 1. The molecule has 0 spiro atoms. The van der Waals surface area contributed by atoms with Gasteiger partial charge in [0, 0.05) is 10.9 Å². The van der Waals surface area contributed by atoms with E-state index < -0.39 is 11.9 Å². The summed E-state index contributed by atoms with van der Waals surface area (Å²) in [6.07, 6.45) is 0. The van der Waals surface area contributed by atoms with Crippen LogP contribution in [-0.2, 0) is 9.53 Å². The number of rotatable bonds is 5. The van der Waals surface area contributed by atoms with Crippen LogP contribution in [0.2, 0.25) is 0 Å². The van der Waals surface area contributed by atoms with Gasteiger partial charge in [0.15, 0.2) is 6.61 Å². The third-order valence-electron chi connectivity index (χ3n) is 4.35. The van der Waals surface area contributed by atoms with Gasteiger partial charge in [0.05, 0.1) is 6.04 Å². The normalized spacial score (nSPS) is 12.2. The van der Waals surface area contributed by atoms with E-state index in [9.17, 15) is 9.59 Å². The molecule has 0 saturated heterocycles. The van der Waals surface area contributed by atoms with Crippen molar-refractivity contribution in [1.29, 1.82) is 0 Å². The van der Waals surface area contributed by atoms with E-state index in [1.54, 1.807) is 20.8 Å². The summed E-state index contributed by atoms with van der Waals surface area (Å²) in [6, 6.07) is 9.16. The predicted molar refractivity (Wildman–Crippen MR) is 96.0 cm³/mol. The van der Waals surface area contributed by atoms with Crippen LogP contribution in [-0.4, -0.2) is 18.5 Å². The van der Waals surface area contributed by atoms with Crippen molar-refractivity contribution in [3.63, 3.8) is 0 Å². The van der Waals surface area contributed by atoms with E-state index in [0.717, 1.165) is 16.5 Å². The van der Waals surface area contributed by atoms with Gasteiger partial charge in [0.25, 0.3) is 5.91 Å². The number of furan rings is 2. The van der Waals surface area contributed by atoms with Gasteiger partial charge in [-0.05, 0) is 39.8 Å². The van der Waals surface area contributed by atoms with E-state index >= 15 is 0 Å². The van der Waals surface area contributed by atoms with Crippen molar-refractivity contribution < 1.29 is 23.2 Å². The summed E-state index contributed by atoms with van der Waals surface area (Å²) in [5.41, 5.74) is 1.86. The van der Waals surface area contributed by atoms with Crippen LogP contribution in [0.25, 0.3) is 11.0 Å². The molecule has 3 rings (SSSR count). The van der Waals surface area contributed by atoms with E-state index in [-0.39, 0.29) is 12.6 Å². The number of para-hydroxylation sites is 1. The Kier molecular flexibility index (Phi) is 4.84. The topological polar surface area (TPSA) is 81.7 Å². The standard InChI is InChI=1S/C20H21NO5/c1-11-13(3)25-14(4)19(11)20(23)24-10-18(22)21-12(2)17-9-15-7-5-6-8-16(15)26-17/h5-9,12H,10H2,1-4H3,(H,21,22)/t12-/m1/s1. The Balaban J connectivity index is 1.59. The summed E-state index contributed by atoms with van der Waals surface area (Å²) >= 11 is 0. The first-order valence-corrected chi connectivity index (χ1v) is 8.38. The molecular weight excluding hydrogens is 334 g/mol. The number of aryl methyl sites for hydroxylation is 2. The molecule has 0 bridgehead atoms. The number of fused-ring (bicyclic) bond motifs is 1. The van der Waals surface area contributed by atoms with E-state index in [2.05, 4.69) is 5.32 Å². The molecule has 3 aromatic rings. The van der Waals surface area contributed by atoms with Crippen molar-refractivity contribution in [2.75, 3.05) is 6.61 Å². The number of nitrogens with one attached hydrogen (secondary N) is 1. The molecule has 0 radical (unpaired) electrons. The zero-order chi connectivity index (χ0) is 18.8. The monoisotopic (exact) mass is 355 g/mol. The Morgan fingerprint density at radius 2 is 1.85 bits per heavy atom. The summed E-state index contributed by atoms with van der Waals surface area (Å²) < 4.78 is 16.3. The third kappa shape index (κ3) is 3.49. The predicted octanol–water partition coefficient (Wildman–Crippen LogP) is 3.99. The first-order valence-electron chi connectivity index (χ1n) is 8.38. The van der Waals surface area contributed by atoms with Crippen LogP contribution in [0, 0.1) is 20.8 Å². The maximum atomic E-state index is 12.2. The Morgan fingerprint density at radius 1 is 1.12 bits per heavy atom. The smallest absolute Gasteiger partial charge is 0.342 e. The molecule has 26 heavy (non-hydrogen) atoms. The summed E-state index contributed by atoms with van der Waals surface area (Å²) in [5.74, 6) is 0.826. The molecule has 6 heteroatoms. The van der Waals surface area contributed by atoms with Crippen LogP contribution in [0.1, 0.15) is 46.2 Å². The number of benzene rings is 1. The maximum Gasteiger partial charge on any atom is 0.342 e. The van der Waals surface area contributed by atoms with Crippen LogP contribution in [0.5, 0.6) is 0 Å². The zero-order valence-electron chi connectivity index (χ0n) is 15.2. The van der Waals surface area contributed by atoms with Crippen molar-refractivity contribution in [2.45, 2.75) is 33.7 Å². The number of carbonyl (C=O) groups is 2. The van der Waals surface area contributed by atoms with E-state index in [0.29, 0.717) is 22.8 Å². The van der Waals surface area contributed by atoms with Gasteiger partial charge in [-0.2, -0.15) is 0 Å². The Morgan fingerprint density at radius 3 is 2.50 bits per heavy atom. The quantitative estimate of drug-likeness (QED) is 0.700. The molecule has 1 aromatic carbocycles. The third-order valence-corrected chi connectivity index (χ3v) is 4.35. The Labute approximate surface area is 151 Å². The molecule has 0 aliphatic carbocycles. The molecule has 1 amide bonds. The molecule has 0 saturated carbocycles. The second-order valence-electron chi connectivity index (χ2n) is 6.27. The molecule has 1 N–H and O–H groups in total. The van der Waals surface area contributed by atoms with Crippen molar-refractivity contribution in [3.8, 4) is 0 Å². The molecule has 0 aliphatic heterocycles. The highest BCUT2D eigenvalue weighted by atomic mass is 16.5. The molecule has 1 atom stereocenters. The van der Waals surface area contributed by atoms with Gasteiger partial charge in [0.2, 0.25) is 0 Å². The number of esters is 1. The van der Waals surface area contributed by atoms with Crippen LogP contribution in [0.4, 0.5) is 0 Å². The molecule has 0 aliphatic rings. The van der Waals surface area contributed by atoms with Crippen LogP contribution >= 0.6 is 0 Å². The SMILES string of the molecule is Cc1oc(C)c(C(=O)OCC(=O)N[C@H](C)c2cc3ccccc3o2)c1C. The first kappa shape index (κ1) is 17.8. The fraction of sp³-hybridized carbons (Fsp3) is 0.300. The first-order chi connectivity index (χ1) is 12.4. The number of carbonyl (C=O) groups excluding carboxylic acids is 2. The van der Waals surface area contributed by atoms with E-state index in [1.807, 2.05) is 37.3 Å². The summed E-state index contributed by atoms with van der Waals surface area (Å²) in [6.45, 7) is 6.70. The van der Waals surface area contributed by atoms with Gasteiger partial charge in [-0.3, -0.25) is 4.79 Å². The van der Waals surface area contributed by atoms with Crippen LogP contribution < -0.4 is 5.32 Å². The average Bonchev–Trinajstić information content (AvgIpc) is 3.14. The largest absolute Gasteiger partial charge is 0.465 e. The molecule has 6 nitrogen and oxygen atoms in total. The number of hydrogen-bond acceptors (Lipinski definition) is 5. The molecule has 0 unspecified atom stereocenters. The molecular formula is C20H21NO5. The van der Waals surface area contributed by atoms with Gasteiger partial charge < -0.3 is 18.9 Å². The van der Waals surface area contributed by atoms with Crippen molar-refractivity contribution in [3.05, 3.63) is 58.7 Å². The molecule has 136 valence electrons. The Bertz CT molecular complexity index is 933. The fourth-order valence-corrected chi connectivity index (χ4v) is 2.87. The lowest BCUT2D eigenvalue weighted by atomic mass is 10.1. The minimum atomic E-state index is -0.566. The lowest BCUT2D eigenvalue weighted by Crippen LogP contribution is -2.31. The summed E-state index contributed by atoms with van der Waals surface area (Å²) in [4.78, 5) is 24.3. The second kappa shape index (κ2) is 7.07. The number of amides is 1. The van der Waals surface area contributed by atoms with Crippen LogP contribution in [0.15, 0.2) is 39.2 Å². The van der Waals surface area contributed by atoms with Gasteiger partial charge in [-0.1, -0.05) is 18.2 Å². The molecule has 0 fully saturated rings. The van der Waals surface area contributed by atoms with Crippen LogP contribution in [0.3, 0.4) is 0 Å². The minimum absolute atomic E-state index is 0.340. The van der Waals surface area contributed by atoms with E-state index in [4.69, 9.17) is 13.6 Å². The summed E-state index contributed by atoms with van der Waals surface area (Å²) in [5, 5.41) is 3.73. The summed E-state index contributed by atoms with van der Waals surface area (Å²) in [7, 11) is 0. The molecule has 2 aromatic heterocycles. The maximum absolute atomic E-state index is 12.2. The van der Waals surface area contributed by atoms with Gasteiger partial charge in [-0.25, -0.2) is 4.79 Å². The van der Waals surface area contributed by atoms with Gasteiger partial charge in [0.1, 0.15) is 28.4 Å². The second-order valence-corrected chi connectivity index (χ2v) is 6.27. The van der Waals surface area contributed by atoms with Crippen molar-refractivity contribution in [1.82, 2.24) is 5.32 Å². The minimum Gasteiger partial charge on any atom is -0.465 e. The fourth-order valence-electron chi connectivity index (χ4n) is 2.87. The lowest BCUT2D eigenvalue weighted by molar-refractivity contribution is -0.125. The average molecular weight is 355 g/mol.